The first-order valence-electron chi connectivity index (χ1n) is 6.64. The molecule has 0 unspecified atom stereocenters. The molecule has 1 N–H and O–H groups in total. The summed E-state index contributed by atoms with van der Waals surface area (Å²) < 4.78 is 4.64. The van der Waals surface area contributed by atoms with Crippen molar-refractivity contribution >= 4 is 5.97 Å². The normalized spacial score (nSPS) is 17.4. The van der Waals surface area contributed by atoms with E-state index in [4.69, 9.17) is 0 Å². The molecule has 0 radical (unpaired) electrons. The Bertz CT molecular complexity index is 411. The fraction of sp³-hybridized carbons (Fsp3) is 0.571. The Kier molecular flexibility index (Phi) is 4.87. The van der Waals surface area contributed by atoms with Crippen molar-refractivity contribution in [1.29, 1.82) is 0 Å². The third-order valence-electron chi connectivity index (χ3n) is 3.54. The van der Waals surface area contributed by atoms with Gasteiger partial charge in [0.25, 0.3) is 0 Å². The Morgan fingerprint density at radius 2 is 2.21 bits per heavy atom. The first-order valence-corrected chi connectivity index (χ1v) is 6.64. The maximum absolute atomic E-state index is 11.3. The summed E-state index contributed by atoms with van der Waals surface area (Å²) in [5.74, 6) is -0.345. The van der Waals surface area contributed by atoms with Crippen molar-refractivity contribution in [3.8, 4) is 0 Å². The molecule has 1 saturated heterocycles. The van der Waals surface area contributed by atoms with Gasteiger partial charge in [-0.15, -0.1) is 0 Å². The highest BCUT2D eigenvalue weighted by Crippen LogP contribution is 2.09. The van der Waals surface area contributed by atoms with Crippen LogP contribution in [0.15, 0.2) is 18.3 Å². The van der Waals surface area contributed by atoms with Crippen LogP contribution in [0, 0.1) is 0 Å². The van der Waals surface area contributed by atoms with Crippen molar-refractivity contribution in [3.63, 3.8) is 0 Å². The number of carbonyl (C=O) groups is 1. The highest BCUT2D eigenvalue weighted by Gasteiger charge is 2.15. The van der Waals surface area contributed by atoms with Crippen molar-refractivity contribution < 1.29 is 9.53 Å². The Morgan fingerprint density at radius 1 is 1.47 bits per heavy atom. The van der Waals surface area contributed by atoms with Crippen LogP contribution in [0.25, 0.3) is 0 Å². The molecule has 5 heteroatoms. The monoisotopic (exact) mass is 263 g/mol. The van der Waals surface area contributed by atoms with E-state index in [2.05, 4.69) is 27.0 Å². The van der Waals surface area contributed by atoms with Gasteiger partial charge in [-0.3, -0.25) is 4.98 Å². The number of hydrogen-bond acceptors (Lipinski definition) is 5. The molecule has 0 bridgehead atoms. The van der Waals surface area contributed by atoms with E-state index in [0.717, 1.165) is 25.3 Å². The van der Waals surface area contributed by atoms with Crippen molar-refractivity contribution in [2.75, 3.05) is 27.2 Å². The summed E-state index contributed by atoms with van der Waals surface area (Å²) in [4.78, 5) is 17.9. The molecule has 5 nitrogen and oxygen atoms in total. The maximum Gasteiger partial charge on any atom is 0.339 e. The molecule has 1 aliphatic rings. The van der Waals surface area contributed by atoms with Crippen LogP contribution in [0.3, 0.4) is 0 Å². The molecule has 2 heterocycles. The number of aromatic nitrogens is 1. The second-order valence-corrected chi connectivity index (χ2v) is 4.99. The lowest BCUT2D eigenvalue weighted by Gasteiger charge is -2.29. The summed E-state index contributed by atoms with van der Waals surface area (Å²) in [6.45, 7) is 3.04. The van der Waals surface area contributed by atoms with E-state index < -0.39 is 0 Å². The topological polar surface area (TPSA) is 54.5 Å². The summed E-state index contributed by atoms with van der Waals surface area (Å²) in [6, 6.07) is 4.19. The number of likely N-dealkylation sites (tertiary alicyclic amines) is 1. The zero-order valence-corrected chi connectivity index (χ0v) is 11.6. The molecule has 1 fully saturated rings. The van der Waals surface area contributed by atoms with Gasteiger partial charge >= 0.3 is 5.97 Å². The molecule has 1 aromatic heterocycles. The molecule has 104 valence electrons. The first-order chi connectivity index (χ1) is 9.19. The van der Waals surface area contributed by atoms with Crippen LogP contribution in [0.2, 0.25) is 0 Å². The lowest BCUT2D eigenvalue weighted by Crippen LogP contribution is -2.40. The van der Waals surface area contributed by atoms with Crippen LogP contribution in [-0.2, 0) is 11.3 Å². The van der Waals surface area contributed by atoms with E-state index in [1.165, 1.54) is 20.0 Å². The number of esters is 1. The summed E-state index contributed by atoms with van der Waals surface area (Å²) >= 11 is 0. The number of nitrogens with one attached hydrogen (secondary N) is 1. The van der Waals surface area contributed by atoms with Crippen LogP contribution >= 0.6 is 0 Å². The number of hydrogen-bond donors (Lipinski definition) is 1. The Morgan fingerprint density at radius 3 is 2.79 bits per heavy atom. The van der Waals surface area contributed by atoms with Crippen LogP contribution in [-0.4, -0.2) is 49.1 Å². The Hall–Kier alpha value is -1.46. The second kappa shape index (κ2) is 6.63. The molecule has 0 amide bonds. The minimum atomic E-state index is -0.345. The van der Waals surface area contributed by atoms with Crippen LogP contribution in [0.1, 0.15) is 28.9 Å². The molecular weight excluding hydrogens is 242 g/mol. The molecule has 2 rings (SSSR count). The van der Waals surface area contributed by atoms with Gasteiger partial charge < -0.3 is 15.0 Å². The predicted molar refractivity (Wildman–Crippen MR) is 72.9 cm³/mol. The lowest BCUT2D eigenvalue weighted by molar-refractivity contribution is 0.0600. The van der Waals surface area contributed by atoms with Gasteiger partial charge in [-0.2, -0.15) is 0 Å². The summed E-state index contributed by atoms with van der Waals surface area (Å²) in [5, 5.41) is 3.52. The van der Waals surface area contributed by atoms with Crippen LogP contribution in [0.4, 0.5) is 0 Å². The van der Waals surface area contributed by atoms with Gasteiger partial charge in [0.2, 0.25) is 0 Å². The molecule has 19 heavy (non-hydrogen) atoms. The number of ether oxygens (including phenoxy) is 1. The first kappa shape index (κ1) is 14.0. The third kappa shape index (κ3) is 4.01. The quantitative estimate of drug-likeness (QED) is 0.823. The molecule has 0 spiro atoms. The zero-order chi connectivity index (χ0) is 13.7. The predicted octanol–water partition coefficient (Wildman–Crippen LogP) is 1.05. The lowest BCUT2D eigenvalue weighted by atomic mass is 10.1. The van der Waals surface area contributed by atoms with Crippen LogP contribution in [0.5, 0.6) is 0 Å². The van der Waals surface area contributed by atoms with Crippen LogP contribution < -0.4 is 5.32 Å². The van der Waals surface area contributed by atoms with E-state index in [1.54, 1.807) is 12.3 Å². The van der Waals surface area contributed by atoms with Gasteiger partial charge in [-0.1, -0.05) is 0 Å². The standard InChI is InChI=1S/C14H21N3O2/c1-17-7-5-12(6-8-17)16-10-13-4-3-11(9-15-13)14(18)19-2/h3-4,9,12,16H,5-8,10H2,1-2H3. The SMILES string of the molecule is COC(=O)c1ccc(CNC2CCN(C)CC2)nc1. The fourth-order valence-corrected chi connectivity index (χ4v) is 2.23. The summed E-state index contributed by atoms with van der Waals surface area (Å²) in [5.41, 5.74) is 1.44. The summed E-state index contributed by atoms with van der Waals surface area (Å²) in [7, 11) is 3.53. The number of methoxy groups -OCH3 is 1. The molecule has 0 aliphatic carbocycles. The van der Waals surface area contributed by atoms with Crippen molar-refractivity contribution in [1.82, 2.24) is 15.2 Å². The van der Waals surface area contributed by atoms with E-state index in [0.29, 0.717) is 11.6 Å². The fourth-order valence-electron chi connectivity index (χ4n) is 2.23. The molecule has 0 aromatic carbocycles. The molecule has 0 atom stereocenters. The highest BCUT2D eigenvalue weighted by molar-refractivity contribution is 5.88. The van der Waals surface area contributed by atoms with E-state index in [1.807, 2.05) is 6.07 Å². The van der Waals surface area contributed by atoms with Crippen molar-refractivity contribution in [2.24, 2.45) is 0 Å². The van der Waals surface area contributed by atoms with Gasteiger partial charge in [-0.05, 0) is 45.1 Å². The van der Waals surface area contributed by atoms with Gasteiger partial charge in [0, 0.05) is 18.8 Å². The van der Waals surface area contributed by atoms with Gasteiger partial charge in [0.05, 0.1) is 18.4 Å². The number of carbonyl (C=O) groups excluding carboxylic acids is 1. The van der Waals surface area contributed by atoms with Gasteiger partial charge in [0.15, 0.2) is 0 Å². The minimum absolute atomic E-state index is 0.345. The second-order valence-electron chi connectivity index (χ2n) is 4.99. The Balaban J connectivity index is 1.81. The zero-order valence-electron chi connectivity index (χ0n) is 11.6. The molecule has 1 aromatic rings. The van der Waals surface area contributed by atoms with E-state index in [9.17, 15) is 4.79 Å². The average Bonchev–Trinajstić information content (AvgIpc) is 2.46. The highest BCUT2D eigenvalue weighted by atomic mass is 16.5. The largest absolute Gasteiger partial charge is 0.465 e. The number of nitrogens with zero attached hydrogens (tertiary/aromatic N) is 2. The smallest absolute Gasteiger partial charge is 0.339 e. The summed E-state index contributed by atoms with van der Waals surface area (Å²) in [6.07, 6.45) is 3.92. The number of pyridine rings is 1. The molecular formula is C14H21N3O2. The molecule has 0 saturated carbocycles. The number of rotatable bonds is 4. The maximum atomic E-state index is 11.3. The van der Waals surface area contributed by atoms with Gasteiger partial charge in [-0.25, -0.2) is 4.79 Å². The average molecular weight is 263 g/mol. The van der Waals surface area contributed by atoms with E-state index >= 15 is 0 Å². The number of piperidine rings is 1. The van der Waals surface area contributed by atoms with Crippen molar-refractivity contribution in [3.05, 3.63) is 29.6 Å². The van der Waals surface area contributed by atoms with Crippen molar-refractivity contribution in [2.45, 2.75) is 25.4 Å². The van der Waals surface area contributed by atoms with Gasteiger partial charge in [0.1, 0.15) is 0 Å². The third-order valence-corrected chi connectivity index (χ3v) is 3.54. The molecule has 1 aliphatic heterocycles. The van der Waals surface area contributed by atoms with E-state index in [-0.39, 0.29) is 5.97 Å². The Labute approximate surface area is 114 Å². The minimum Gasteiger partial charge on any atom is -0.465 e.